The molecule has 8 heteroatoms. The zero-order valence-electron chi connectivity index (χ0n) is 27.2. The lowest BCUT2D eigenvalue weighted by molar-refractivity contribution is -0.109. The second-order valence-corrected chi connectivity index (χ2v) is 12.2. The maximum absolute atomic E-state index is 11.0. The van der Waals surface area contributed by atoms with Gasteiger partial charge in [-0.2, -0.15) is 0 Å². The van der Waals surface area contributed by atoms with E-state index in [2.05, 4.69) is 16.9 Å². The molecule has 8 nitrogen and oxygen atoms in total. The lowest BCUT2D eigenvalue weighted by atomic mass is 9.99. The van der Waals surface area contributed by atoms with Gasteiger partial charge in [0.25, 0.3) is 0 Å². The summed E-state index contributed by atoms with van der Waals surface area (Å²) in [5.74, 6) is 0. The van der Waals surface area contributed by atoms with E-state index < -0.39 is 30.5 Å². The van der Waals surface area contributed by atoms with E-state index in [-0.39, 0.29) is 25.4 Å². The van der Waals surface area contributed by atoms with Gasteiger partial charge in [0.2, 0.25) is 0 Å². The maximum atomic E-state index is 11.0. The van der Waals surface area contributed by atoms with Gasteiger partial charge in [0.15, 0.2) is 0 Å². The molecule has 0 aliphatic rings. The van der Waals surface area contributed by atoms with Crippen LogP contribution in [0.15, 0.2) is 35.4 Å². The summed E-state index contributed by atoms with van der Waals surface area (Å²) in [6.07, 6.45) is 13.2. The molecule has 0 saturated carbocycles. The summed E-state index contributed by atoms with van der Waals surface area (Å²) in [6.45, 7) is 9.99. The standard InChI is InChI=1S/C34H61N3O5/c1-6-7-8-9-10-11-12-13-14-15-16-20-23-31(38)34(42-28(4)5)30(36-37-35)25-40-26-32(39)33(41-27(2)3)24-29-21-18-17-19-22-29/h17-19,21-22,27-28,30-34,38-39H,6-16,20,23-26H2,1-5H3/t30-,31-,32-,33-,34-/m0/s1. The Kier molecular flexibility index (Phi) is 22.6. The van der Waals surface area contributed by atoms with Crippen molar-refractivity contribution in [2.45, 2.75) is 167 Å². The van der Waals surface area contributed by atoms with Crippen LogP contribution in [0.4, 0.5) is 0 Å². The number of hydrogen-bond acceptors (Lipinski definition) is 6. The summed E-state index contributed by atoms with van der Waals surface area (Å²) in [5.41, 5.74) is 10.3. The Morgan fingerprint density at radius 3 is 1.81 bits per heavy atom. The lowest BCUT2D eigenvalue weighted by Gasteiger charge is -2.31. The van der Waals surface area contributed by atoms with Gasteiger partial charge in [-0.15, -0.1) is 0 Å². The van der Waals surface area contributed by atoms with Gasteiger partial charge in [0.05, 0.1) is 49.8 Å². The van der Waals surface area contributed by atoms with Crippen molar-refractivity contribution in [3.63, 3.8) is 0 Å². The van der Waals surface area contributed by atoms with Crippen LogP contribution in [-0.4, -0.2) is 66.1 Å². The van der Waals surface area contributed by atoms with Gasteiger partial charge in [-0.3, -0.25) is 0 Å². The van der Waals surface area contributed by atoms with Crippen molar-refractivity contribution in [2.75, 3.05) is 13.2 Å². The van der Waals surface area contributed by atoms with Crippen molar-refractivity contribution in [1.82, 2.24) is 0 Å². The minimum Gasteiger partial charge on any atom is -0.390 e. The highest BCUT2D eigenvalue weighted by molar-refractivity contribution is 5.15. The number of benzene rings is 1. The van der Waals surface area contributed by atoms with E-state index in [1.54, 1.807) is 0 Å². The van der Waals surface area contributed by atoms with E-state index in [1.807, 2.05) is 58.0 Å². The monoisotopic (exact) mass is 591 g/mol. The molecule has 1 aromatic rings. The molecule has 0 saturated heterocycles. The fourth-order valence-corrected chi connectivity index (χ4v) is 5.26. The minimum absolute atomic E-state index is 0.0188. The SMILES string of the molecule is CCCCCCCCCCCCCC[C@H](O)[C@@H](OC(C)C)[C@H](COC[C@H](O)[C@H](Cc1ccccc1)OC(C)C)N=[N+]=[N-]. The summed E-state index contributed by atoms with van der Waals surface area (Å²) in [5, 5.41) is 25.9. The average Bonchev–Trinajstić information content (AvgIpc) is 2.95. The smallest absolute Gasteiger partial charge is 0.104 e. The van der Waals surface area contributed by atoms with Crippen LogP contribution in [0.25, 0.3) is 10.4 Å². The molecule has 0 amide bonds. The van der Waals surface area contributed by atoms with E-state index in [0.717, 1.165) is 18.4 Å². The number of unbranched alkanes of at least 4 members (excludes halogenated alkanes) is 11. The molecule has 0 fully saturated rings. The molecule has 1 rings (SSSR count). The van der Waals surface area contributed by atoms with Crippen LogP contribution in [0.1, 0.15) is 124 Å². The molecule has 0 unspecified atom stereocenters. The molecular weight excluding hydrogens is 530 g/mol. The molecule has 0 aromatic heterocycles. The van der Waals surface area contributed by atoms with Gasteiger partial charge in [0, 0.05) is 11.3 Å². The molecule has 42 heavy (non-hydrogen) atoms. The van der Waals surface area contributed by atoms with Gasteiger partial charge in [-0.1, -0.05) is 119 Å². The molecule has 0 spiro atoms. The predicted octanol–water partition coefficient (Wildman–Crippen LogP) is 8.32. The van der Waals surface area contributed by atoms with Crippen LogP contribution >= 0.6 is 0 Å². The van der Waals surface area contributed by atoms with Crippen molar-refractivity contribution in [3.05, 3.63) is 46.3 Å². The van der Waals surface area contributed by atoms with Crippen molar-refractivity contribution >= 4 is 0 Å². The summed E-state index contributed by atoms with van der Waals surface area (Å²) >= 11 is 0. The first-order chi connectivity index (χ1) is 20.3. The van der Waals surface area contributed by atoms with Gasteiger partial charge < -0.3 is 24.4 Å². The Bertz CT molecular complexity index is 804. The number of nitrogens with zero attached hydrogens (tertiary/aromatic N) is 3. The predicted molar refractivity (Wildman–Crippen MR) is 172 cm³/mol. The number of ether oxygens (including phenoxy) is 3. The summed E-state index contributed by atoms with van der Waals surface area (Å²) in [7, 11) is 0. The molecule has 0 aliphatic carbocycles. The quantitative estimate of drug-likeness (QED) is 0.0462. The Hall–Kier alpha value is -1.67. The highest BCUT2D eigenvalue weighted by Crippen LogP contribution is 2.20. The van der Waals surface area contributed by atoms with Crippen LogP contribution < -0.4 is 0 Å². The second-order valence-electron chi connectivity index (χ2n) is 12.2. The second kappa shape index (κ2) is 24.7. The first-order valence-electron chi connectivity index (χ1n) is 16.6. The third-order valence-electron chi connectivity index (χ3n) is 7.47. The van der Waals surface area contributed by atoms with Crippen LogP contribution in [0, 0.1) is 0 Å². The maximum Gasteiger partial charge on any atom is 0.104 e. The molecular formula is C34H61N3O5. The number of rotatable bonds is 27. The van der Waals surface area contributed by atoms with Crippen LogP contribution in [0.3, 0.4) is 0 Å². The lowest BCUT2D eigenvalue weighted by Crippen LogP contribution is -2.43. The van der Waals surface area contributed by atoms with Crippen molar-refractivity contribution in [3.8, 4) is 0 Å². The third kappa shape index (κ3) is 18.8. The van der Waals surface area contributed by atoms with Gasteiger partial charge in [0.1, 0.15) is 6.10 Å². The Morgan fingerprint density at radius 2 is 1.29 bits per heavy atom. The zero-order chi connectivity index (χ0) is 31.0. The fraction of sp³-hybridized carbons (Fsp3) is 0.824. The highest BCUT2D eigenvalue weighted by Gasteiger charge is 2.30. The van der Waals surface area contributed by atoms with E-state index >= 15 is 0 Å². The van der Waals surface area contributed by atoms with Crippen LogP contribution in [0.5, 0.6) is 0 Å². The number of aliphatic hydroxyl groups excluding tert-OH is 2. The zero-order valence-corrected chi connectivity index (χ0v) is 27.2. The van der Waals surface area contributed by atoms with E-state index in [4.69, 9.17) is 14.2 Å². The minimum atomic E-state index is -0.866. The first kappa shape index (κ1) is 38.4. The first-order valence-corrected chi connectivity index (χ1v) is 16.6. The van der Waals surface area contributed by atoms with E-state index in [9.17, 15) is 15.7 Å². The topological polar surface area (TPSA) is 117 Å². The largest absolute Gasteiger partial charge is 0.390 e. The van der Waals surface area contributed by atoms with Crippen molar-refractivity contribution in [2.24, 2.45) is 5.11 Å². The number of hydrogen-bond donors (Lipinski definition) is 2. The normalized spacial score (nSPS) is 15.4. The molecule has 0 radical (unpaired) electrons. The van der Waals surface area contributed by atoms with E-state index in [0.29, 0.717) is 12.8 Å². The molecule has 1 aromatic carbocycles. The number of aliphatic hydroxyl groups is 2. The Labute approximate surface area is 256 Å². The Morgan fingerprint density at radius 1 is 0.738 bits per heavy atom. The summed E-state index contributed by atoms with van der Waals surface area (Å²) in [6, 6.07) is 9.19. The van der Waals surface area contributed by atoms with Crippen LogP contribution in [0.2, 0.25) is 0 Å². The summed E-state index contributed by atoms with van der Waals surface area (Å²) in [4.78, 5) is 3.01. The highest BCUT2D eigenvalue weighted by atomic mass is 16.5. The molecule has 0 heterocycles. The van der Waals surface area contributed by atoms with E-state index in [1.165, 1.54) is 64.2 Å². The third-order valence-corrected chi connectivity index (χ3v) is 7.47. The molecule has 0 aliphatic heterocycles. The van der Waals surface area contributed by atoms with Gasteiger partial charge in [-0.25, -0.2) is 0 Å². The van der Waals surface area contributed by atoms with Crippen LogP contribution in [-0.2, 0) is 20.6 Å². The summed E-state index contributed by atoms with van der Waals surface area (Å²) < 4.78 is 17.9. The number of azide groups is 1. The Balaban J connectivity index is 2.52. The molecule has 0 bridgehead atoms. The fourth-order valence-electron chi connectivity index (χ4n) is 5.26. The van der Waals surface area contributed by atoms with Crippen molar-refractivity contribution < 1.29 is 24.4 Å². The molecule has 2 N–H and O–H groups in total. The van der Waals surface area contributed by atoms with Crippen molar-refractivity contribution in [1.29, 1.82) is 0 Å². The molecule has 242 valence electrons. The molecule has 5 atom stereocenters. The van der Waals surface area contributed by atoms with Gasteiger partial charge in [-0.05, 0) is 45.2 Å². The van der Waals surface area contributed by atoms with Gasteiger partial charge >= 0.3 is 0 Å². The average molecular weight is 592 g/mol.